The predicted octanol–water partition coefficient (Wildman–Crippen LogP) is 3.25. The first kappa shape index (κ1) is 17.2. The Balaban J connectivity index is 1.94. The molecule has 0 bridgehead atoms. The highest BCUT2D eigenvalue weighted by Gasteiger charge is 2.31. The number of ether oxygens (including phenoxy) is 1. The summed E-state index contributed by atoms with van der Waals surface area (Å²) in [4.78, 5) is 2.15. The first-order valence-corrected chi connectivity index (χ1v) is 10.3. The molecule has 0 radical (unpaired) electrons. The highest BCUT2D eigenvalue weighted by Crippen LogP contribution is 2.31. The Morgan fingerprint density at radius 1 is 1.21 bits per heavy atom. The molecule has 130 valence electrons. The van der Waals surface area contributed by atoms with Gasteiger partial charge in [-0.25, -0.2) is 8.42 Å². The summed E-state index contributed by atoms with van der Waals surface area (Å²) in [6, 6.07) is 12.5. The lowest BCUT2D eigenvalue weighted by Crippen LogP contribution is -2.32. The van der Waals surface area contributed by atoms with Gasteiger partial charge < -0.3 is 4.74 Å². The molecule has 24 heavy (non-hydrogen) atoms. The van der Waals surface area contributed by atoms with Crippen LogP contribution in [0, 0.1) is 0 Å². The molecule has 0 spiro atoms. The van der Waals surface area contributed by atoms with Crippen molar-refractivity contribution >= 4 is 20.6 Å². The lowest BCUT2D eigenvalue weighted by molar-refractivity contribution is 0.224. The van der Waals surface area contributed by atoms with Crippen LogP contribution in [0.2, 0.25) is 0 Å². The lowest BCUT2D eigenvalue weighted by Gasteiger charge is -2.25. The Morgan fingerprint density at radius 2 is 1.96 bits per heavy atom. The molecule has 0 saturated carbocycles. The maximum Gasteiger partial charge on any atom is 0.151 e. The molecule has 2 aromatic rings. The Hall–Kier alpha value is -1.59. The Morgan fingerprint density at radius 3 is 2.62 bits per heavy atom. The third-order valence-corrected chi connectivity index (χ3v) is 6.35. The number of nitrogens with zero attached hydrogens (tertiary/aromatic N) is 1. The van der Waals surface area contributed by atoms with Gasteiger partial charge in [0.25, 0.3) is 0 Å². The molecule has 1 aliphatic rings. The molecule has 4 nitrogen and oxygen atoms in total. The zero-order valence-electron chi connectivity index (χ0n) is 14.5. The number of hydrogen-bond acceptors (Lipinski definition) is 4. The van der Waals surface area contributed by atoms with Crippen LogP contribution in [-0.2, 0) is 16.4 Å². The zero-order chi connectivity index (χ0) is 17.3. The number of benzene rings is 2. The number of sulfone groups is 1. The van der Waals surface area contributed by atoms with Gasteiger partial charge in [0.2, 0.25) is 0 Å². The van der Waals surface area contributed by atoms with Gasteiger partial charge in [-0.05, 0) is 44.2 Å². The first-order valence-electron chi connectivity index (χ1n) is 8.43. The van der Waals surface area contributed by atoms with E-state index in [2.05, 4.69) is 23.1 Å². The molecular formula is C19H25NO3S. The van der Waals surface area contributed by atoms with Gasteiger partial charge in [0.05, 0.1) is 17.6 Å². The van der Waals surface area contributed by atoms with E-state index in [0.717, 1.165) is 11.3 Å². The number of rotatable bonds is 5. The van der Waals surface area contributed by atoms with Crippen molar-refractivity contribution in [2.75, 3.05) is 18.6 Å². The normalized spacial score (nSPS) is 20.1. The minimum Gasteiger partial charge on any atom is -0.491 e. The van der Waals surface area contributed by atoms with E-state index in [9.17, 15) is 8.42 Å². The fourth-order valence-corrected chi connectivity index (χ4v) is 5.15. The van der Waals surface area contributed by atoms with Gasteiger partial charge in [0.1, 0.15) is 5.75 Å². The van der Waals surface area contributed by atoms with E-state index in [-0.39, 0.29) is 17.9 Å². The second-order valence-electron chi connectivity index (χ2n) is 6.90. The minimum atomic E-state index is -2.88. The van der Waals surface area contributed by atoms with Gasteiger partial charge >= 0.3 is 0 Å². The van der Waals surface area contributed by atoms with E-state index in [4.69, 9.17) is 4.74 Å². The van der Waals surface area contributed by atoms with Crippen LogP contribution in [0.1, 0.15) is 25.8 Å². The summed E-state index contributed by atoms with van der Waals surface area (Å²) in [5.74, 6) is 1.44. The molecule has 0 N–H and O–H groups in total. The second-order valence-corrected chi connectivity index (χ2v) is 9.13. The smallest absolute Gasteiger partial charge is 0.151 e. The molecule has 1 saturated heterocycles. The van der Waals surface area contributed by atoms with Crippen molar-refractivity contribution in [2.24, 2.45) is 0 Å². The van der Waals surface area contributed by atoms with Crippen LogP contribution >= 0.6 is 0 Å². The van der Waals surface area contributed by atoms with Crippen molar-refractivity contribution in [3.63, 3.8) is 0 Å². The standard InChI is InChI=1S/C19H25NO3S/c1-14(2)23-19-9-8-15-6-4-5-7-17(15)18(19)12-20(3)16-10-11-24(21,22)13-16/h4-9,14,16H,10-13H2,1-3H3. The van der Waals surface area contributed by atoms with Crippen LogP contribution in [0.5, 0.6) is 5.75 Å². The van der Waals surface area contributed by atoms with Gasteiger partial charge in [0, 0.05) is 18.2 Å². The third kappa shape index (κ3) is 3.73. The van der Waals surface area contributed by atoms with Gasteiger partial charge in [-0.2, -0.15) is 0 Å². The third-order valence-electron chi connectivity index (χ3n) is 4.60. The van der Waals surface area contributed by atoms with Crippen LogP contribution in [0.3, 0.4) is 0 Å². The highest BCUT2D eigenvalue weighted by atomic mass is 32.2. The van der Waals surface area contributed by atoms with E-state index in [1.165, 1.54) is 10.8 Å². The van der Waals surface area contributed by atoms with Crippen LogP contribution in [-0.4, -0.2) is 44.0 Å². The monoisotopic (exact) mass is 347 g/mol. The fourth-order valence-electron chi connectivity index (χ4n) is 3.34. The van der Waals surface area contributed by atoms with Gasteiger partial charge in [0.15, 0.2) is 9.84 Å². The quantitative estimate of drug-likeness (QED) is 0.833. The second kappa shape index (κ2) is 6.73. The summed E-state index contributed by atoms with van der Waals surface area (Å²) in [5, 5.41) is 2.35. The maximum atomic E-state index is 11.8. The molecule has 0 aliphatic carbocycles. The fraction of sp³-hybridized carbons (Fsp3) is 0.474. The minimum absolute atomic E-state index is 0.0841. The predicted molar refractivity (Wildman–Crippen MR) is 98.2 cm³/mol. The van der Waals surface area contributed by atoms with Gasteiger partial charge in [-0.3, -0.25) is 4.90 Å². The summed E-state index contributed by atoms with van der Waals surface area (Å²) in [6.07, 6.45) is 0.811. The van der Waals surface area contributed by atoms with Crippen molar-refractivity contribution in [3.8, 4) is 5.75 Å². The van der Waals surface area contributed by atoms with E-state index in [1.54, 1.807) is 0 Å². The molecule has 1 unspecified atom stereocenters. The van der Waals surface area contributed by atoms with Crippen LogP contribution in [0.25, 0.3) is 10.8 Å². The lowest BCUT2D eigenvalue weighted by atomic mass is 10.0. The Bertz CT molecular complexity index is 830. The summed E-state index contributed by atoms with van der Waals surface area (Å²) in [5.41, 5.74) is 1.13. The largest absolute Gasteiger partial charge is 0.491 e. The van der Waals surface area contributed by atoms with Crippen molar-refractivity contribution in [1.82, 2.24) is 4.90 Å². The Labute approximate surface area is 144 Å². The van der Waals surface area contributed by atoms with Crippen molar-refractivity contribution in [2.45, 2.75) is 39.0 Å². The SMILES string of the molecule is CC(C)Oc1ccc2ccccc2c1CN(C)C1CCS(=O)(=O)C1. The highest BCUT2D eigenvalue weighted by molar-refractivity contribution is 7.91. The molecule has 0 aromatic heterocycles. The van der Waals surface area contributed by atoms with Crippen molar-refractivity contribution in [1.29, 1.82) is 0 Å². The van der Waals surface area contributed by atoms with Crippen LogP contribution in [0.4, 0.5) is 0 Å². The van der Waals surface area contributed by atoms with Crippen LogP contribution < -0.4 is 4.74 Å². The summed E-state index contributed by atoms with van der Waals surface area (Å²) >= 11 is 0. The van der Waals surface area contributed by atoms with E-state index >= 15 is 0 Å². The average molecular weight is 347 g/mol. The van der Waals surface area contributed by atoms with E-state index in [0.29, 0.717) is 18.7 Å². The molecule has 0 amide bonds. The molecule has 1 aliphatic heterocycles. The average Bonchev–Trinajstić information content (AvgIpc) is 2.89. The molecule has 1 atom stereocenters. The number of fused-ring (bicyclic) bond motifs is 1. The van der Waals surface area contributed by atoms with Crippen molar-refractivity contribution < 1.29 is 13.2 Å². The number of hydrogen-bond donors (Lipinski definition) is 0. The molecule has 1 heterocycles. The maximum absolute atomic E-state index is 11.8. The Kier molecular flexibility index (Phi) is 4.83. The van der Waals surface area contributed by atoms with Crippen LogP contribution in [0.15, 0.2) is 36.4 Å². The summed E-state index contributed by atoms with van der Waals surface area (Å²) in [7, 11) is -0.871. The molecule has 3 rings (SSSR count). The molecule has 5 heteroatoms. The topological polar surface area (TPSA) is 46.6 Å². The molecule has 1 fully saturated rings. The summed E-state index contributed by atoms with van der Waals surface area (Å²) in [6.45, 7) is 4.72. The van der Waals surface area contributed by atoms with E-state index in [1.807, 2.05) is 39.1 Å². The molecular weight excluding hydrogens is 322 g/mol. The first-order chi connectivity index (χ1) is 11.4. The molecule has 2 aromatic carbocycles. The van der Waals surface area contributed by atoms with Gasteiger partial charge in [-0.15, -0.1) is 0 Å². The van der Waals surface area contributed by atoms with Gasteiger partial charge in [-0.1, -0.05) is 30.3 Å². The zero-order valence-corrected chi connectivity index (χ0v) is 15.3. The van der Waals surface area contributed by atoms with E-state index < -0.39 is 9.84 Å². The summed E-state index contributed by atoms with van der Waals surface area (Å²) < 4.78 is 29.6. The van der Waals surface area contributed by atoms with Crippen molar-refractivity contribution in [3.05, 3.63) is 42.0 Å².